The molecule has 0 amide bonds. The largest absolute Gasteiger partial charge is 0.497 e. The first kappa shape index (κ1) is 14.1. The zero-order valence-electron chi connectivity index (χ0n) is 13.8. The number of aromatic nitrogens is 2. The summed E-state index contributed by atoms with van der Waals surface area (Å²) in [5.74, 6) is 0.834. The van der Waals surface area contributed by atoms with E-state index in [0.29, 0.717) is 0 Å². The summed E-state index contributed by atoms with van der Waals surface area (Å²) in [6.45, 7) is 0. The summed E-state index contributed by atoms with van der Waals surface area (Å²) in [5.41, 5.74) is 3.09. The fraction of sp³-hybridized carbons (Fsp3) is 0.0455. The van der Waals surface area contributed by atoms with Gasteiger partial charge in [-0.25, -0.2) is 4.98 Å². The van der Waals surface area contributed by atoms with Crippen LogP contribution in [-0.4, -0.2) is 16.7 Å². The SMILES string of the molecule is COc1ccc2ncn(-c3ccc4cc5ccccc5cc4c3)c2c1. The first-order valence-electron chi connectivity index (χ1n) is 8.26. The van der Waals surface area contributed by atoms with Crippen LogP contribution in [-0.2, 0) is 0 Å². The molecular weight excluding hydrogens is 308 g/mol. The minimum Gasteiger partial charge on any atom is -0.497 e. The van der Waals surface area contributed by atoms with Crippen LogP contribution in [0.25, 0.3) is 38.3 Å². The third-order valence-electron chi connectivity index (χ3n) is 4.72. The molecule has 5 rings (SSSR count). The quantitative estimate of drug-likeness (QED) is 0.410. The van der Waals surface area contributed by atoms with Gasteiger partial charge in [-0.15, -0.1) is 0 Å². The molecule has 4 aromatic carbocycles. The van der Waals surface area contributed by atoms with Crippen LogP contribution in [0.15, 0.2) is 79.1 Å². The van der Waals surface area contributed by atoms with Crippen LogP contribution in [0.2, 0.25) is 0 Å². The second kappa shape index (κ2) is 5.35. The molecule has 0 N–H and O–H groups in total. The van der Waals surface area contributed by atoms with Gasteiger partial charge in [-0.1, -0.05) is 30.3 Å². The molecule has 0 aliphatic heterocycles. The van der Waals surface area contributed by atoms with Gasteiger partial charge in [0.2, 0.25) is 0 Å². The zero-order chi connectivity index (χ0) is 16.8. The molecule has 25 heavy (non-hydrogen) atoms. The number of hydrogen-bond acceptors (Lipinski definition) is 2. The van der Waals surface area contributed by atoms with Crippen molar-refractivity contribution in [1.29, 1.82) is 0 Å². The van der Waals surface area contributed by atoms with E-state index in [1.54, 1.807) is 7.11 Å². The van der Waals surface area contributed by atoms with E-state index in [-0.39, 0.29) is 0 Å². The highest BCUT2D eigenvalue weighted by Crippen LogP contribution is 2.27. The van der Waals surface area contributed by atoms with E-state index in [2.05, 4.69) is 64.1 Å². The van der Waals surface area contributed by atoms with Crippen LogP contribution in [0.5, 0.6) is 5.75 Å². The first-order valence-corrected chi connectivity index (χ1v) is 8.26. The Morgan fingerprint density at radius 3 is 2.32 bits per heavy atom. The lowest BCUT2D eigenvalue weighted by Crippen LogP contribution is -1.92. The van der Waals surface area contributed by atoms with E-state index in [9.17, 15) is 0 Å². The second-order valence-corrected chi connectivity index (χ2v) is 6.20. The average Bonchev–Trinajstić information content (AvgIpc) is 3.09. The number of benzene rings is 4. The molecule has 3 heteroatoms. The number of rotatable bonds is 2. The Morgan fingerprint density at radius 2 is 1.52 bits per heavy atom. The molecule has 3 nitrogen and oxygen atoms in total. The Morgan fingerprint density at radius 1 is 0.760 bits per heavy atom. The Labute approximate surface area is 145 Å². The zero-order valence-corrected chi connectivity index (χ0v) is 13.8. The molecule has 5 aromatic rings. The van der Waals surface area contributed by atoms with E-state index in [4.69, 9.17) is 4.74 Å². The molecule has 0 saturated carbocycles. The van der Waals surface area contributed by atoms with Crippen LogP contribution in [0, 0.1) is 0 Å². The van der Waals surface area contributed by atoms with Gasteiger partial charge in [0.15, 0.2) is 0 Å². The molecule has 0 aliphatic carbocycles. The summed E-state index contributed by atoms with van der Waals surface area (Å²) >= 11 is 0. The van der Waals surface area contributed by atoms with Crippen molar-refractivity contribution in [1.82, 2.24) is 9.55 Å². The number of ether oxygens (including phenoxy) is 1. The summed E-state index contributed by atoms with van der Waals surface area (Å²) in [4.78, 5) is 4.51. The molecule has 120 valence electrons. The van der Waals surface area contributed by atoms with E-state index in [1.165, 1.54) is 21.5 Å². The molecule has 0 saturated heterocycles. The maximum atomic E-state index is 5.36. The Bertz CT molecular complexity index is 1240. The van der Waals surface area contributed by atoms with Gasteiger partial charge in [-0.2, -0.15) is 0 Å². The van der Waals surface area contributed by atoms with Crippen LogP contribution < -0.4 is 4.74 Å². The van der Waals surface area contributed by atoms with Crippen molar-refractivity contribution in [3.05, 3.63) is 79.1 Å². The first-order chi connectivity index (χ1) is 12.3. The lowest BCUT2D eigenvalue weighted by Gasteiger charge is -2.08. The van der Waals surface area contributed by atoms with Gasteiger partial charge >= 0.3 is 0 Å². The van der Waals surface area contributed by atoms with Crippen molar-refractivity contribution in [2.45, 2.75) is 0 Å². The second-order valence-electron chi connectivity index (χ2n) is 6.20. The molecule has 0 spiro atoms. The lowest BCUT2D eigenvalue weighted by atomic mass is 10.0. The fourth-order valence-electron chi connectivity index (χ4n) is 3.40. The van der Waals surface area contributed by atoms with Crippen molar-refractivity contribution in [3.8, 4) is 11.4 Å². The molecule has 0 fully saturated rings. The summed E-state index contributed by atoms with van der Waals surface area (Å²) in [6, 6.07) is 25.4. The molecule has 0 atom stereocenters. The van der Waals surface area contributed by atoms with Gasteiger partial charge in [0.05, 0.1) is 18.1 Å². The highest BCUT2D eigenvalue weighted by atomic mass is 16.5. The maximum Gasteiger partial charge on any atom is 0.121 e. The van der Waals surface area contributed by atoms with Gasteiger partial charge in [0, 0.05) is 11.8 Å². The molecule has 0 aliphatic rings. The van der Waals surface area contributed by atoms with Crippen LogP contribution in [0.3, 0.4) is 0 Å². The Balaban J connectivity index is 1.73. The standard InChI is InChI=1S/C22H16N2O/c1-25-20-8-9-21-22(13-20)24(14-23-21)19-7-6-17-10-15-4-2-3-5-16(15)11-18(17)12-19/h2-14H,1H3. The molecule has 0 bridgehead atoms. The Kier molecular flexibility index (Phi) is 3.01. The van der Waals surface area contributed by atoms with Crippen molar-refractivity contribution in [2.24, 2.45) is 0 Å². The highest BCUT2D eigenvalue weighted by Gasteiger charge is 2.07. The molecule has 1 aromatic heterocycles. The number of methoxy groups -OCH3 is 1. The number of imidazole rings is 1. The molecule has 1 heterocycles. The summed E-state index contributed by atoms with van der Waals surface area (Å²) in [5, 5.41) is 4.98. The molecule has 0 unspecified atom stereocenters. The minimum atomic E-state index is 0.834. The predicted octanol–water partition coefficient (Wildman–Crippen LogP) is 5.34. The van der Waals surface area contributed by atoms with Crippen LogP contribution >= 0.6 is 0 Å². The van der Waals surface area contributed by atoms with Crippen molar-refractivity contribution >= 4 is 32.6 Å². The third-order valence-corrected chi connectivity index (χ3v) is 4.72. The number of fused-ring (bicyclic) bond motifs is 3. The van der Waals surface area contributed by atoms with Gasteiger partial charge in [0.1, 0.15) is 12.1 Å². The smallest absolute Gasteiger partial charge is 0.121 e. The van der Waals surface area contributed by atoms with Gasteiger partial charge in [-0.05, 0) is 57.9 Å². The van der Waals surface area contributed by atoms with Crippen LogP contribution in [0.1, 0.15) is 0 Å². The normalized spacial score (nSPS) is 11.4. The van der Waals surface area contributed by atoms with Gasteiger partial charge < -0.3 is 4.74 Å². The number of nitrogens with zero attached hydrogens (tertiary/aromatic N) is 2. The lowest BCUT2D eigenvalue weighted by molar-refractivity contribution is 0.415. The molecule has 0 radical (unpaired) electrons. The van der Waals surface area contributed by atoms with Crippen molar-refractivity contribution < 1.29 is 4.74 Å². The van der Waals surface area contributed by atoms with Crippen molar-refractivity contribution in [2.75, 3.05) is 7.11 Å². The monoisotopic (exact) mass is 324 g/mol. The van der Waals surface area contributed by atoms with E-state index >= 15 is 0 Å². The summed E-state index contributed by atoms with van der Waals surface area (Å²) < 4.78 is 7.46. The highest BCUT2D eigenvalue weighted by molar-refractivity contribution is 5.99. The maximum absolute atomic E-state index is 5.36. The predicted molar refractivity (Wildman–Crippen MR) is 103 cm³/mol. The Hall–Kier alpha value is -3.33. The third kappa shape index (κ3) is 2.24. The molecular formula is C22H16N2O. The van der Waals surface area contributed by atoms with Gasteiger partial charge in [-0.3, -0.25) is 4.57 Å². The number of hydrogen-bond donors (Lipinski definition) is 0. The summed E-state index contributed by atoms with van der Waals surface area (Å²) in [6.07, 6.45) is 1.87. The van der Waals surface area contributed by atoms with E-state index < -0.39 is 0 Å². The summed E-state index contributed by atoms with van der Waals surface area (Å²) in [7, 11) is 1.68. The van der Waals surface area contributed by atoms with E-state index in [0.717, 1.165) is 22.5 Å². The van der Waals surface area contributed by atoms with Crippen molar-refractivity contribution in [3.63, 3.8) is 0 Å². The van der Waals surface area contributed by atoms with Gasteiger partial charge in [0.25, 0.3) is 0 Å². The van der Waals surface area contributed by atoms with Crippen LogP contribution in [0.4, 0.5) is 0 Å². The fourth-order valence-corrected chi connectivity index (χ4v) is 3.40. The van der Waals surface area contributed by atoms with E-state index in [1.807, 2.05) is 24.5 Å². The average molecular weight is 324 g/mol. The topological polar surface area (TPSA) is 27.1 Å². The minimum absolute atomic E-state index is 0.834.